The summed E-state index contributed by atoms with van der Waals surface area (Å²) in [5, 5.41) is 5.94. The summed E-state index contributed by atoms with van der Waals surface area (Å²) in [6.07, 6.45) is 8.82. The lowest BCUT2D eigenvalue weighted by Crippen LogP contribution is -2.53. The molecule has 1 aromatic rings. The molecule has 2 N–H and O–H groups in total. The third-order valence-electron chi connectivity index (χ3n) is 6.63. The van der Waals surface area contributed by atoms with E-state index in [0.29, 0.717) is 24.2 Å². The second kappa shape index (κ2) is 7.23. The van der Waals surface area contributed by atoms with Crippen LogP contribution in [-0.4, -0.2) is 22.7 Å². The van der Waals surface area contributed by atoms with E-state index < -0.39 is 0 Å². The van der Waals surface area contributed by atoms with E-state index in [2.05, 4.69) is 26.6 Å². The Bertz CT molecular complexity index is 734. The highest BCUT2D eigenvalue weighted by Gasteiger charge is 2.57. The first-order valence-electron chi connectivity index (χ1n) is 10.3. The summed E-state index contributed by atoms with van der Waals surface area (Å²) in [6, 6.07) is 7.30. The number of carbonyl (C=O) groups is 2. The van der Waals surface area contributed by atoms with Crippen LogP contribution in [0.4, 0.5) is 5.69 Å². The van der Waals surface area contributed by atoms with E-state index in [0.717, 1.165) is 24.7 Å². The third-order valence-corrected chi connectivity index (χ3v) is 7.56. The van der Waals surface area contributed by atoms with E-state index in [1.54, 1.807) is 6.07 Å². The van der Waals surface area contributed by atoms with Crippen LogP contribution in [0.25, 0.3) is 0 Å². The first-order chi connectivity index (χ1) is 12.9. The number of anilines is 1. The Balaban J connectivity index is 1.45. The molecule has 4 nitrogen and oxygen atoms in total. The molecule has 2 unspecified atom stereocenters. The van der Waals surface area contributed by atoms with Crippen LogP contribution in [0, 0.1) is 17.3 Å². The molecule has 4 fully saturated rings. The van der Waals surface area contributed by atoms with E-state index in [9.17, 15) is 9.59 Å². The molecular formula is C22H29BrN2O2. The largest absolute Gasteiger partial charge is 0.352 e. The van der Waals surface area contributed by atoms with Gasteiger partial charge in [0, 0.05) is 17.3 Å². The summed E-state index contributed by atoms with van der Waals surface area (Å²) >= 11 is 4.02. The quantitative estimate of drug-likeness (QED) is 0.628. The van der Waals surface area contributed by atoms with Gasteiger partial charge >= 0.3 is 0 Å². The minimum atomic E-state index is -0.123. The van der Waals surface area contributed by atoms with Crippen molar-refractivity contribution in [2.75, 3.05) is 11.9 Å². The molecule has 5 heteroatoms. The Hall–Kier alpha value is -1.36. The topological polar surface area (TPSA) is 58.2 Å². The van der Waals surface area contributed by atoms with Crippen molar-refractivity contribution in [3.8, 4) is 0 Å². The maximum absolute atomic E-state index is 12.9. The number of rotatable bonds is 6. The SMILES string of the molecule is CCCNC(=O)c1ccccc1NC(=O)CC12CC3CC(CC(Br)(C3)C1)C2. The van der Waals surface area contributed by atoms with Gasteiger partial charge in [-0.25, -0.2) is 0 Å². The number of hydrogen-bond acceptors (Lipinski definition) is 2. The molecule has 0 spiro atoms. The maximum Gasteiger partial charge on any atom is 0.253 e. The van der Waals surface area contributed by atoms with Crippen molar-refractivity contribution in [1.82, 2.24) is 5.32 Å². The predicted octanol–water partition coefficient (Wildman–Crippen LogP) is 4.89. The van der Waals surface area contributed by atoms with Crippen molar-refractivity contribution in [3.05, 3.63) is 29.8 Å². The highest BCUT2D eigenvalue weighted by molar-refractivity contribution is 9.10. The van der Waals surface area contributed by atoms with Crippen LogP contribution in [0.2, 0.25) is 0 Å². The molecule has 146 valence electrons. The number of hydrogen-bond donors (Lipinski definition) is 2. The van der Waals surface area contributed by atoms with Crippen LogP contribution < -0.4 is 10.6 Å². The Kier molecular flexibility index (Phi) is 5.08. The lowest BCUT2D eigenvalue weighted by molar-refractivity contribution is -0.123. The fourth-order valence-corrected chi connectivity index (χ4v) is 7.71. The zero-order valence-corrected chi connectivity index (χ0v) is 17.6. The smallest absolute Gasteiger partial charge is 0.253 e. The number of halogens is 1. The van der Waals surface area contributed by atoms with Gasteiger partial charge in [-0.2, -0.15) is 0 Å². The van der Waals surface area contributed by atoms with Gasteiger partial charge in [-0.05, 0) is 74.3 Å². The van der Waals surface area contributed by atoms with Gasteiger partial charge in [-0.3, -0.25) is 9.59 Å². The highest BCUT2D eigenvalue weighted by atomic mass is 79.9. The summed E-state index contributed by atoms with van der Waals surface area (Å²) in [6.45, 7) is 2.66. The second-order valence-electron chi connectivity index (χ2n) is 9.14. The molecular weight excluding hydrogens is 404 g/mol. The molecule has 4 aliphatic rings. The molecule has 2 amide bonds. The molecule has 27 heavy (non-hydrogen) atoms. The number of amides is 2. The number of para-hydroxylation sites is 1. The van der Waals surface area contributed by atoms with Crippen molar-refractivity contribution >= 4 is 33.4 Å². The van der Waals surface area contributed by atoms with Gasteiger partial charge in [0.2, 0.25) is 5.91 Å². The van der Waals surface area contributed by atoms with Crippen LogP contribution in [0.5, 0.6) is 0 Å². The van der Waals surface area contributed by atoms with Gasteiger partial charge in [0.05, 0.1) is 11.3 Å². The first-order valence-corrected chi connectivity index (χ1v) is 11.1. The summed E-state index contributed by atoms with van der Waals surface area (Å²) < 4.78 is 0.259. The number of carbonyl (C=O) groups excluding carboxylic acids is 2. The monoisotopic (exact) mass is 432 g/mol. The molecule has 0 radical (unpaired) electrons. The average Bonchev–Trinajstić information content (AvgIpc) is 2.57. The number of nitrogens with one attached hydrogen (secondary N) is 2. The van der Waals surface area contributed by atoms with Gasteiger partial charge in [-0.1, -0.05) is 35.0 Å². The Morgan fingerprint density at radius 2 is 1.85 bits per heavy atom. The summed E-state index contributed by atoms with van der Waals surface area (Å²) in [5.41, 5.74) is 1.30. The van der Waals surface area contributed by atoms with Gasteiger partial charge in [-0.15, -0.1) is 0 Å². The lowest BCUT2D eigenvalue weighted by atomic mass is 9.48. The molecule has 4 aliphatic carbocycles. The summed E-state index contributed by atoms with van der Waals surface area (Å²) in [7, 11) is 0. The fourth-order valence-electron chi connectivity index (χ4n) is 6.20. The van der Waals surface area contributed by atoms with Crippen molar-refractivity contribution in [3.63, 3.8) is 0 Å². The van der Waals surface area contributed by atoms with E-state index >= 15 is 0 Å². The van der Waals surface area contributed by atoms with Gasteiger partial charge in [0.1, 0.15) is 0 Å². The highest BCUT2D eigenvalue weighted by Crippen LogP contribution is 2.65. The Labute approximate surface area is 170 Å². The molecule has 0 heterocycles. The fraction of sp³-hybridized carbons (Fsp3) is 0.636. The molecule has 0 aromatic heterocycles. The minimum absolute atomic E-state index is 0.0452. The molecule has 4 bridgehead atoms. The molecule has 5 rings (SSSR count). The average molecular weight is 433 g/mol. The van der Waals surface area contributed by atoms with Crippen LogP contribution >= 0.6 is 15.9 Å². The molecule has 0 aliphatic heterocycles. The standard InChI is InChI=1S/C22H29BrN2O2/c1-2-7-24-20(27)17-5-3-4-6-18(17)25-19(26)13-21-9-15-8-16(10-21)12-22(23,11-15)14-21/h3-6,15-16H,2,7-14H2,1H3,(H,24,27)(H,25,26). The van der Waals surface area contributed by atoms with Crippen LogP contribution in [0.15, 0.2) is 24.3 Å². The maximum atomic E-state index is 12.9. The van der Waals surface area contributed by atoms with Crippen LogP contribution in [0.3, 0.4) is 0 Å². The third kappa shape index (κ3) is 3.94. The Morgan fingerprint density at radius 1 is 1.15 bits per heavy atom. The normalized spacial score (nSPS) is 33.7. The molecule has 4 saturated carbocycles. The van der Waals surface area contributed by atoms with Gasteiger partial charge in [0.15, 0.2) is 0 Å². The van der Waals surface area contributed by atoms with Crippen molar-refractivity contribution in [1.29, 1.82) is 0 Å². The molecule has 1 aromatic carbocycles. The van der Waals surface area contributed by atoms with E-state index in [1.807, 2.05) is 25.1 Å². The van der Waals surface area contributed by atoms with Crippen molar-refractivity contribution in [2.45, 2.75) is 62.6 Å². The second-order valence-corrected chi connectivity index (χ2v) is 10.8. The summed E-state index contributed by atoms with van der Waals surface area (Å²) in [5.74, 6) is 1.46. The van der Waals surface area contributed by atoms with Crippen LogP contribution in [0.1, 0.15) is 68.6 Å². The van der Waals surface area contributed by atoms with Crippen LogP contribution in [-0.2, 0) is 4.79 Å². The lowest BCUT2D eigenvalue weighted by Gasteiger charge is -2.60. The number of alkyl halides is 1. The minimum Gasteiger partial charge on any atom is -0.352 e. The number of benzene rings is 1. The van der Waals surface area contributed by atoms with E-state index in [4.69, 9.17) is 0 Å². The molecule has 0 saturated heterocycles. The zero-order chi connectivity index (χ0) is 19.1. The summed E-state index contributed by atoms with van der Waals surface area (Å²) in [4.78, 5) is 25.3. The van der Waals surface area contributed by atoms with E-state index in [1.165, 1.54) is 32.1 Å². The predicted molar refractivity (Wildman–Crippen MR) is 111 cm³/mol. The first kappa shape index (κ1) is 19.0. The van der Waals surface area contributed by atoms with Gasteiger partial charge < -0.3 is 10.6 Å². The van der Waals surface area contributed by atoms with Crippen molar-refractivity contribution in [2.24, 2.45) is 17.3 Å². The Morgan fingerprint density at radius 3 is 2.52 bits per heavy atom. The molecule has 2 atom stereocenters. The van der Waals surface area contributed by atoms with E-state index in [-0.39, 0.29) is 21.6 Å². The van der Waals surface area contributed by atoms with Crippen molar-refractivity contribution < 1.29 is 9.59 Å². The van der Waals surface area contributed by atoms with Gasteiger partial charge in [0.25, 0.3) is 5.91 Å². The zero-order valence-electron chi connectivity index (χ0n) is 16.0.